The van der Waals surface area contributed by atoms with Crippen molar-refractivity contribution in [1.29, 1.82) is 0 Å². The predicted octanol–water partition coefficient (Wildman–Crippen LogP) is 5.53. The fourth-order valence-electron chi connectivity index (χ4n) is 3.53. The summed E-state index contributed by atoms with van der Waals surface area (Å²) in [7, 11) is -1.73. The van der Waals surface area contributed by atoms with Crippen molar-refractivity contribution in [3.8, 4) is 0 Å². The van der Waals surface area contributed by atoms with Crippen molar-refractivity contribution < 1.29 is 26.8 Å². The molecule has 0 unspecified atom stereocenters. The molecule has 4 rings (SSSR count). The molecule has 0 saturated carbocycles. The van der Waals surface area contributed by atoms with E-state index in [0.29, 0.717) is 22.1 Å². The summed E-state index contributed by atoms with van der Waals surface area (Å²) in [6, 6.07) is 11.4. The number of hydroxylamine groups is 1. The molecular weight excluding hydrogens is 593 g/mol. The molecule has 0 atom stereocenters. The summed E-state index contributed by atoms with van der Waals surface area (Å²) in [5, 5.41) is 3.66. The number of fused-ring (bicyclic) bond motifs is 1. The molecule has 204 valence electrons. The molecular formula is C24H20Cl3N5O6S. The van der Waals surface area contributed by atoms with Gasteiger partial charge in [-0.2, -0.15) is 13.5 Å². The van der Waals surface area contributed by atoms with Crippen molar-refractivity contribution in [1.82, 2.24) is 9.97 Å². The Morgan fingerprint density at radius 2 is 1.72 bits per heavy atom. The highest BCUT2D eigenvalue weighted by atomic mass is 35.5. The lowest BCUT2D eigenvalue weighted by molar-refractivity contribution is 0.0871. The number of nitrogens with one attached hydrogen (secondary N) is 2. The molecule has 0 aliphatic heterocycles. The third-order valence-corrected chi connectivity index (χ3v) is 6.71. The molecule has 3 N–H and O–H groups in total. The van der Waals surface area contributed by atoms with E-state index in [9.17, 15) is 22.6 Å². The van der Waals surface area contributed by atoms with E-state index in [1.54, 1.807) is 25.9 Å². The van der Waals surface area contributed by atoms with Gasteiger partial charge in [0, 0.05) is 29.8 Å². The quantitative estimate of drug-likeness (QED) is 0.182. The van der Waals surface area contributed by atoms with Crippen LogP contribution in [-0.2, 0) is 14.7 Å². The standard InChI is InChI=1S/C24H20Cl3N5O6S/c1-12-4-6-15(11-19(12)27)32(38-39(35,36)37)23(34)17-9-14(10-20-21(17)30-24(29-20)31(2)3)28-22(33)16-8-13(25)5-7-18(16)26/h4-11H,1-3H3,(H,28,33)(H,29,30)(H,35,36,37). The first-order chi connectivity index (χ1) is 18.2. The average molecular weight is 613 g/mol. The number of carbonyl (C=O) groups excluding carboxylic acids is 2. The maximum Gasteiger partial charge on any atom is 0.418 e. The number of benzene rings is 3. The highest BCUT2D eigenvalue weighted by Crippen LogP contribution is 2.31. The van der Waals surface area contributed by atoms with Crippen LogP contribution in [-0.4, -0.2) is 48.8 Å². The minimum Gasteiger partial charge on any atom is -0.349 e. The van der Waals surface area contributed by atoms with Crippen LogP contribution in [0.4, 0.5) is 17.3 Å². The van der Waals surface area contributed by atoms with Crippen LogP contribution in [0.25, 0.3) is 11.0 Å². The van der Waals surface area contributed by atoms with Crippen LogP contribution in [0.2, 0.25) is 15.1 Å². The Balaban J connectivity index is 1.86. The van der Waals surface area contributed by atoms with Crippen LogP contribution < -0.4 is 15.3 Å². The van der Waals surface area contributed by atoms with Crippen molar-refractivity contribution >= 4 is 85.4 Å². The molecule has 39 heavy (non-hydrogen) atoms. The minimum atomic E-state index is -5.15. The Hall–Kier alpha value is -3.39. The normalized spacial score (nSPS) is 11.5. The van der Waals surface area contributed by atoms with E-state index in [4.69, 9.17) is 34.8 Å². The van der Waals surface area contributed by atoms with Crippen LogP contribution in [0.3, 0.4) is 0 Å². The van der Waals surface area contributed by atoms with Gasteiger partial charge in [-0.25, -0.2) is 4.98 Å². The highest BCUT2D eigenvalue weighted by molar-refractivity contribution is 7.81. The van der Waals surface area contributed by atoms with Gasteiger partial charge in [0.1, 0.15) is 5.52 Å². The van der Waals surface area contributed by atoms with Gasteiger partial charge in [0.25, 0.3) is 11.8 Å². The Morgan fingerprint density at radius 1 is 1.00 bits per heavy atom. The summed E-state index contributed by atoms with van der Waals surface area (Å²) in [6.45, 7) is 1.70. The van der Waals surface area contributed by atoms with Gasteiger partial charge in [-0.05, 0) is 55.0 Å². The maximum atomic E-state index is 13.8. The third-order valence-electron chi connectivity index (χ3n) is 5.40. The van der Waals surface area contributed by atoms with E-state index in [0.717, 1.165) is 0 Å². The van der Waals surface area contributed by atoms with E-state index in [-0.39, 0.29) is 43.1 Å². The number of carbonyl (C=O) groups is 2. The maximum absolute atomic E-state index is 13.8. The van der Waals surface area contributed by atoms with Crippen molar-refractivity contribution in [2.24, 2.45) is 0 Å². The van der Waals surface area contributed by atoms with Crippen molar-refractivity contribution in [3.63, 3.8) is 0 Å². The van der Waals surface area contributed by atoms with E-state index in [1.165, 1.54) is 48.5 Å². The Kier molecular flexibility index (Phi) is 8.07. The van der Waals surface area contributed by atoms with E-state index in [2.05, 4.69) is 19.6 Å². The third kappa shape index (κ3) is 6.44. The van der Waals surface area contributed by atoms with Gasteiger partial charge in [0.05, 0.1) is 27.4 Å². The predicted molar refractivity (Wildman–Crippen MR) is 150 cm³/mol. The Morgan fingerprint density at radius 3 is 2.36 bits per heavy atom. The second kappa shape index (κ2) is 11.0. The molecule has 1 aromatic heterocycles. The fourth-order valence-corrected chi connectivity index (χ4v) is 4.42. The number of aromatic nitrogens is 2. The van der Waals surface area contributed by atoms with Crippen LogP contribution in [0.15, 0.2) is 48.5 Å². The second-order valence-electron chi connectivity index (χ2n) is 8.49. The molecule has 0 bridgehead atoms. The first-order valence-electron chi connectivity index (χ1n) is 11.0. The summed E-state index contributed by atoms with van der Waals surface area (Å²) in [5.41, 5.74) is 1.05. The molecule has 1 heterocycles. The van der Waals surface area contributed by atoms with Crippen molar-refractivity contribution in [3.05, 3.63) is 80.3 Å². The zero-order valence-electron chi connectivity index (χ0n) is 20.5. The topological polar surface area (TPSA) is 145 Å². The molecule has 11 nitrogen and oxygen atoms in total. The van der Waals surface area contributed by atoms with Gasteiger partial charge in [-0.15, -0.1) is 4.28 Å². The zero-order valence-corrected chi connectivity index (χ0v) is 23.6. The van der Waals surface area contributed by atoms with Crippen LogP contribution >= 0.6 is 34.8 Å². The number of hydrogen-bond acceptors (Lipinski definition) is 7. The molecule has 0 spiro atoms. The summed E-state index contributed by atoms with van der Waals surface area (Å²) in [5.74, 6) is -1.30. The first kappa shape index (κ1) is 28.6. The number of anilines is 3. The monoisotopic (exact) mass is 611 g/mol. The fraction of sp³-hybridized carbons (Fsp3) is 0.125. The van der Waals surface area contributed by atoms with Gasteiger partial charge < -0.3 is 15.2 Å². The number of H-pyrrole nitrogens is 1. The summed E-state index contributed by atoms with van der Waals surface area (Å²) in [4.78, 5) is 35.9. The molecule has 0 aliphatic carbocycles. The average Bonchev–Trinajstić information content (AvgIpc) is 3.29. The first-order valence-corrected chi connectivity index (χ1v) is 13.5. The number of halogens is 3. The molecule has 15 heteroatoms. The molecule has 0 radical (unpaired) electrons. The summed E-state index contributed by atoms with van der Waals surface area (Å²) >= 11 is 18.3. The molecule has 2 amide bonds. The largest absolute Gasteiger partial charge is 0.418 e. The number of nitrogens with zero attached hydrogens (tertiary/aromatic N) is 3. The molecule has 0 aliphatic rings. The number of aromatic amines is 1. The lowest BCUT2D eigenvalue weighted by Gasteiger charge is -2.20. The second-order valence-corrected chi connectivity index (χ2v) is 10.7. The van der Waals surface area contributed by atoms with E-state index >= 15 is 0 Å². The number of amides is 2. The van der Waals surface area contributed by atoms with Crippen LogP contribution in [0.5, 0.6) is 0 Å². The summed E-state index contributed by atoms with van der Waals surface area (Å²) in [6.07, 6.45) is 0. The van der Waals surface area contributed by atoms with Gasteiger partial charge in [-0.3, -0.25) is 14.1 Å². The van der Waals surface area contributed by atoms with E-state index in [1.807, 2.05) is 0 Å². The lowest BCUT2D eigenvalue weighted by atomic mass is 10.1. The SMILES string of the molecule is Cc1ccc(N(OS(=O)(=O)O)C(=O)c2cc(NC(=O)c3cc(Cl)ccc3Cl)cc3[nH]c(N(C)C)nc23)cc1Cl. The number of rotatable bonds is 7. The van der Waals surface area contributed by atoms with Crippen molar-refractivity contribution in [2.75, 3.05) is 29.4 Å². The van der Waals surface area contributed by atoms with Crippen molar-refractivity contribution in [2.45, 2.75) is 6.92 Å². The number of imidazole rings is 1. The molecule has 4 aromatic rings. The van der Waals surface area contributed by atoms with Gasteiger partial charge in [0.15, 0.2) is 0 Å². The smallest absolute Gasteiger partial charge is 0.349 e. The molecule has 3 aromatic carbocycles. The number of hydrogen-bond donors (Lipinski definition) is 3. The minimum absolute atomic E-state index is 0.0846. The lowest BCUT2D eigenvalue weighted by Crippen LogP contribution is -2.34. The van der Waals surface area contributed by atoms with Crippen LogP contribution in [0.1, 0.15) is 26.3 Å². The van der Waals surface area contributed by atoms with Crippen LogP contribution in [0, 0.1) is 6.92 Å². The Labute approximate surface area is 238 Å². The van der Waals surface area contributed by atoms with E-state index < -0.39 is 22.2 Å². The summed E-state index contributed by atoms with van der Waals surface area (Å²) < 4.78 is 37.4. The number of aryl methyl sites for hydroxylation is 1. The zero-order chi connectivity index (χ0) is 28.6. The van der Waals surface area contributed by atoms with Gasteiger partial charge >= 0.3 is 10.4 Å². The highest BCUT2D eigenvalue weighted by Gasteiger charge is 2.28. The van der Waals surface area contributed by atoms with Gasteiger partial charge in [-0.1, -0.05) is 40.9 Å². The molecule has 0 fully saturated rings. The van der Waals surface area contributed by atoms with Gasteiger partial charge in [0.2, 0.25) is 5.95 Å². The molecule has 0 saturated heterocycles. The Bertz CT molecular complexity index is 1720.